The Bertz CT molecular complexity index is 385. The highest BCUT2D eigenvalue weighted by atomic mass is 32.1. The third-order valence-electron chi connectivity index (χ3n) is 3.01. The molecule has 4 nitrogen and oxygen atoms in total. The molecule has 1 aromatic rings. The second-order valence-corrected chi connectivity index (χ2v) is 5.56. The van der Waals surface area contributed by atoms with Crippen LogP contribution in [0.15, 0.2) is 12.1 Å². The van der Waals surface area contributed by atoms with Gasteiger partial charge in [-0.15, -0.1) is 11.3 Å². The molecule has 1 unspecified atom stereocenters. The summed E-state index contributed by atoms with van der Waals surface area (Å²) < 4.78 is 0. The van der Waals surface area contributed by atoms with Crippen LogP contribution in [0, 0.1) is 6.92 Å². The van der Waals surface area contributed by atoms with E-state index in [1.807, 2.05) is 18.0 Å². The molecule has 2 heterocycles. The van der Waals surface area contributed by atoms with Gasteiger partial charge in [0.25, 0.3) is 0 Å². The third-order valence-corrected chi connectivity index (χ3v) is 4.08. The number of nitrogens with zero attached hydrogens (tertiary/aromatic N) is 1. The Kier molecular flexibility index (Phi) is 4.15. The van der Waals surface area contributed by atoms with Crippen LogP contribution in [0.2, 0.25) is 0 Å². The second-order valence-electron chi connectivity index (χ2n) is 4.25. The van der Waals surface area contributed by atoms with E-state index in [0.717, 1.165) is 31.1 Å². The zero-order valence-corrected chi connectivity index (χ0v) is 11.1. The van der Waals surface area contributed by atoms with Crippen LogP contribution in [-0.4, -0.2) is 44.0 Å². The van der Waals surface area contributed by atoms with E-state index in [1.165, 1.54) is 4.88 Å². The zero-order valence-electron chi connectivity index (χ0n) is 10.3. The molecule has 0 radical (unpaired) electrons. The lowest BCUT2D eigenvalue weighted by Gasteiger charge is -2.30. The van der Waals surface area contributed by atoms with Gasteiger partial charge in [-0.05, 0) is 26.1 Å². The van der Waals surface area contributed by atoms with Crippen LogP contribution in [0.5, 0.6) is 0 Å². The Labute approximate surface area is 106 Å². The number of rotatable bonds is 3. The van der Waals surface area contributed by atoms with Crippen LogP contribution < -0.4 is 10.6 Å². The molecule has 1 aromatic heterocycles. The topological polar surface area (TPSA) is 44.4 Å². The first-order chi connectivity index (χ1) is 8.22. The largest absolute Gasteiger partial charge is 0.338 e. The molecular formula is C12H19N3OS. The number of likely N-dealkylation sites (N-methyl/N-ethyl adjacent to an activating group) is 1. The van der Waals surface area contributed by atoms with Gasteiger partial charge in [0.2, 0.25) is 5.91 Å². The van der Waals surface area contributed by atoms with Gasteiger partial charge in [-0.1, -0.05) is 0 Å². The highest BCUT2D eigenvalue weighted by molar-refractivity contribution is 7.12. The fourth-order valence-electron chi connectivity index (χ4n) is 2.06. The quantitative estimate of drug-likeness (QED) is 0.835. The van der Waals surface area contributed by atoms with E-state index in [0.29, 0.717) is 0 Å². The van der Waals surface area contributed by atoms with Gasteiger partial charge >= 0.3 is 0 Å². The Morgan fingerprint density at radius 2 is 2.18 bits per heavy atom. The summed E-state index contributed by atoms with van der Waals surface area (Å²) in [5.41, 5.74) is 0. The van der Waals surface area contributed by atoms with Gasteiger partial charge < -0.3 is 15.5 Å². The molecule has 1 amide bonds. The van der Waals surface area contributed by atoms with Gasteiger partial charge in [0, 0.05) is 35.9 Å². The van der Waals surface area contributed by atoms with E-state index in [2.05, 4.69) is 23.6 Å². The van der Waals surface area contributed by atoms with Gasteiger partial charge in [-0.2, -0.15) is 0 Å². The van der Waals surface area contributed by atoms with Crippen LogP contribution in [0.4, 0.5) is 0 Å². The lowest BCUT2D eigenvalue weighted by Crippen LogP contribution is -2.49. The molecule has 0 bridgehead atoms. The van der Waals surface area contributed by atoms with Crippen molar-refractivity contribution in [3.63, 3.8) is 0 Å². The Morgan fingerprint density at radius 1 is 1.47 bits per heavy atom. The first-order valence-electron chi connectivity index (χ1n) is 5.95. The van der Waals surface area contributed by atoms with Crippen LogP contribution in [0.3, 0.4) is 0 Å². The first-order valence-corrected chi connectivity index (χ1v) is 6.77. The van der Waals surface area contributed by atoms with E-state index >= 15 is 0 Å². The van der Waals surface area contributed by atoms with Gasteiger partial charge in [0.05, 0.1) is 0 Å². The summed E-state index contributed by atoms with van der Waals surface area (Å²) >= 11 is 1.69. The molecule has 1 saturated heterocycles. The Balaban J connectivity index is 2.09. The first kappa shape index (κ1) is 12.5. The number of hydrogen-bond donors (Lipinski definition) is 2. The van der Waals surface area contributed by atoms with Crippen molar-refractivity contribution in [2.24, 2.45) is 0 Å². The lowest BCUT2D eigenvalue weighted by atomic mass is 10.2. The van der Waals surface area contributed by atoms with Crippen molar-refractivity contribution in [1.29, 1.82) is 0 Å². The molecule has 1 aliphatic heterocycles. The number of hydrogen-bond acceptors (Lipinski definition) is 4. The minimum Gasteiger partial charge on any atom is -0.338 e. The maximum absolute atomic E-state index is 12.4. The molecular weight excluding hydrogens is 234 g/mol. The van der Waals surface area contributed by atoms with Gasteiger partial charge in [-0.25, -0.2) is 0 Å². The van der Waals surface area contributed by atoms with Crippen molar-refractivity contribution in [2.75, 3.05) is 33.2 Å². The lowest BCUT2D eigenvalue weighted by molar-refractivity contribution is -0.134. The molecule has 1 fully saturated rings. The minimum absolute atomic E-state index is 0.188. The van der Waals surface area contributed by atoms with Crippen molar-refractivity contribution >= 4 is 17.2 Å². The molecule has 0 spiro atoms. The number of thiophene rings is 1. The standard InChI is InChI=1S/C12H19N3OS/c1-9-3-4-10(17-9)11(13-2)12(16)15-7-5-14-6-8-15/h3-4,11,13-14H,5-8H2,1-2H3. The maximum atomic E-state index is 12.4. The number of carbonyl (C=O) groups excluding carboxylic acids is 1. The van der Waals surface area contributed by atoms with Crippen LogP contribution in [0.1, 0.15) is 15.8 Å². The molecule has 17 heavy (non-hydrogen) atoms. The summed E-state index contributed by atoms with van der Waals surface area (Å²) in [6, 6.07) is 3.92. The van der Waals surface area contributed by atoms with Gasteiger partial charge in [0.15, 0.2) is 0 Å². The van der Waals surface area contributed by atoms with Crippen molar-refractivity contribution in [3.05, 3.63) is 21.9 Å². The fraction of sp³-hybridized carbons (Fsp3) is 0.583. The van der Waals surface area contributed by atoms with Crippen LogP contribution in [0.25, 0.3) is 0 Å². The number of amides is 1. The van der Waals surface area contributed by atoms with Crippen molar-refractivity contribution in [3.8, 4) is 0 Å². The SMILES string of the molecule is CNC(C(=O)N1CCNCC1)c1ccc(C)s1. The Hall–Kier alpha value is -0.910. The van der Waals surface area contributed by atoms with E-state index < -0.39 is 0 Å². The molecule has 2 N–H and O–H groups in total. The van der Waals surface area contributed by atoms with E-state index in [-0.39, 0.29) is 11.9 Å². The second kappa shape index (κ2) is 5.62. The summed E-state index contributed by atoms with van der Waals surface area (Å²) in [4.78, 5) is 16.7. The number of nitrogens with one attached hydrogen (secondary N) is 2. The summed E-state index contributed by atoms with van der Waals surface area (Å²) in [6.07, 6.45) is 0. The van der Waals surface area contributed by atoms with Crippen molar-refractivity contribution in [2.45, 2.75) is 13.0 Å². The minimum atomic E-state index is -0.188. The molecule has 0 aliphatic carbocycles. The highest BCUT2D eigenvalue weighted by Gasteiger charge is 2.26. The summed E-state index contributed by atoms with van der Waals surface area (Å²) in [7, 11) is 1.85. The Morgan fingerprint density at radius 3 is 2.71 bits per heavy atom. The maximum Gasteiger partial charge on any atom is 0.245 e. The van der Waals surface area contributed by atoms with Gasteiger partial charge in [-0.3, -0.25) is 4.79 Å². The smallest absolute Gasteiger partial charge is 0.245 e. The molecule has 94 valence electrons. The van der Waals surface area contributed by atoms with Crippen LogP contribution in [-0.2, 0) is 4.79 Å². The van der Waals surface area contributed by atoms with E-state index in [9.17, 15) is 4.79 Å². The molecule has 1 atom stereocenters. The molecule has 2 rings (SSSR count). The van der Waals surface area contributed by atoms with E-state index in [4.69, 9.17) is 0 Å². The fourth-order valence-corrected chi connectivity index (χ4v) is 3.04. The molecule has 0 aromatic carbocycles. The predicted octanol–water partition coefficient (Wildman–Crippen LogP) is 0.749. The van der Waals surface area contributed by atoms with Crippen molar-refractivity contribution < 1.29 is 4.79 Å². The average molecular weight is 253 g/mol. The summed E-state index contributed by atoms with van der Waals surface area (Å²) in [5, 5.41) is 6.39. The molecule has 0 saturated carbocycles. The zero-order chi connectivity index (χ0) is 12.3. The summed E-state index contributed by atoms with van der Waals surface area (Å²) in [5.74, 6) is 0.191. The van der Waals surface area contributed by atoms with E-state index in [1.54, 1.807) is 11.3 Å². The molecule has 5 heteroatoms. The monoisotopic (exact) mass is 253 g/mol. The summed E-state index contributed by atoms with van der Waals surface area (Å²) in [6.45, 7) is 5.47. The van der Waals surface area contributed by atoms with Gasteiger partial charge in [0.1, 0.15) is 6.04 Å². The van der Waals surface area contributed by atoms with Crippen LogP contribution >= 0.6 is 11.3 Å². The third kappa shape index (κ3) is 2.86. The number of carbonyl (C=O) groups is 1. The molecule has 1 aliphatic rings. The normalized spacial score (nSPS) is 18.1. The number of piperazine rings is 1. The van der Waals surface area contributed by atoms with Crippen molar-refractivity contribution in [1.82, 2.24) is 15.5 Å². The predicted molar refractivity (Wildman–Crippen MR) is 70.3 cm³/mol. The average Bonchev–Trinajstić information content (AvgIpc) is 2.78. The number of aryl methyl sites for hydroxylation is 1. The highest BCUT2D eigenvalue weighted by Crippen LogP contribution is 2.24.